The van der Waals surface area contributed by atoms with Gasteiger partial charge in [-0.2, -0.15) is 0 Å². The van der Waals surface area contributed by atoms with E-state index in [0.29, 0.717) is 13.0 Å². The number of nitrogens with two attached hydrogens (primary N) is 1. The second kappa shape index (κ2) is 6.52. The Bertz CT molecular complexity index is 377. The van der Waals surface area contributed by atoms with Crippen LogP contribution in [0.1, 0.15) is 47.5 Å². The van der Waals surface area contributed by atoms with E-state index in [1.807, 2.05) is 20.8 Å². The van der Waals surface area contributed by atoms with Crippen LogP contribution in [-0.4, -0.2) is 36.9 Å². The summed E-state index contributed by atoms with van der Waals surface area (Å²) in [6.07, 6.45) is 1.11. The first kappa shape index (κ1) is 17.4. The molecule has 6 heteroatoms. The molecular weight excluding hydrogens is 252 g/mol. The Kier molecular flexibility index (Phi) is 6.29. The Morgan fingerprint density at radius 1 is 1.33 bits per heavy atom. The molecule has 0 heterocycles. The molecule has 108 valence electrons. The third-order valence-corrected chi connectivity index (χ3v) is 5.90. The van der Waals surface area contributed by atoms with Crippen molar-refractivity contribution in [2.45, 2.75) is 63.5 Å². The van der Waals surface area contributed by atoms with Crippen molar-refractivity contribution in [3.63, 3.8) is 0 Å². The molecule has 0 radical (unpaired) electrons. The lowest BCUT2D eigenvalue weighted by Gasteiger charge is -2.27. The third kappa shape index (κ3) is 4.57. The average molecular weight is 278 g/mol. The maximum absolute atomic E-state index is 12.1. The van der Waals surface area contributed by atoms with Crippen LogP contribution in [0.15, 0.2) is 0 Å². The first-order valence-electron chi connectivity index (χ1n) is 6.33. The maximum Gasteiger partial charge on any atom is 0.238 e. The summed E-state index contributed by atoms with van der Waals surface area (Å²) in [4.78, 5) is 12.0. The number of nitrogens with one attached hydrogen (secondary N) is 1. The van der Waals surface area contributed by atoms with E-state index >= 15 is 0 Å². The minimum absolute atomic E-state index is 0.301. The number of sulfone groups is 1. The monoisotopic (exact) mass is 278 g/mol. The smallest absolute Gasteiger partial charge is 0.238 e. The van der Waals surface area contributed by atoms with Gasteiger partial charge in [0.2, 0.25) is 5.91 Å². The van der Waals surface area contributed by atoms with Crippen LogP contribution in [0, 0.1) is 0 Å². The average Bonchev–Trinajstić information content (AvgIpc) is 2.27. The summed E-state index contributed by atoms with van der Waals surface area (Å²) in [6.45, 7) is 9.01. The number of hydrogen-bond donors (Lipinski definition) is 2. The molecule has 0 rings (SSSR count). The molecule has 0 saturated heterocycles. The van der Waals surface area contributed by atoms with E-state index in [-0.39, 0.29) is 0 Å². The molecule has 0 fully saturated rings. The van der Waals surface area contributed by atoms with Crippen molar-refractivity contribution in [2.24, 2.45) is 5.73 Å². The minimum Gasteiger partial charge on any atom is -0.350 e. The molecular formula is C12H26N2O3S. The van der Waals surface area contributed by atoms with Crippen LogP contribution < -0.4 is 11.1 Å². The Balaban J connectivity index is 4.84. The van der Waals surface area contributed by atoms with Gasteiger partial charge in [0, 0.05) is 5.54 Å². The zero-order chi connectivity index (χ0) is 14.6. The molecule has 0 aliphatic heterocycles. The van der Waals surface area contributed by atoms with E-state index in [1.54, 1.807) is 6.92 Å². The molecule has 0 saturated carbocycles. The third-order valence-electron chi connectivity index (χ3n) is 3.34. The summed E-state index contributed by atoms with van der Waals surface area (Å²) >= 11 is 0. The van der Waals surface area contributed by atoms with Crippen LogP contribution in [0.5, 0.6) is 0 Å². The number of rotatable bonds is 7. The Labute approximate surface area is 110 Å². The topological polar surface area (TPSA) is 89.3 Å². The van der Waals surface area contributed by atoms with Crippen molar-refractivity contribution in [1.29, 1.82) is 0 Å². The zero-order valence-corrected chi connectivity index (χ0v) is 12.8. The van der Waals surface area contributed by atoms with Crippen molar-refractivity contribution in [1.82, 2.24) is 5.32 Å². The molecule has 3 N–H and O–H groups in total. The predicted molar refractivity (Wildman–Crippen MR) is 74.0 cm³/mol. The Hall–Kier alpha value is -0.620. The highest BCUT2D eigenvalue weighted by molar-refractivity contribution is 7.93. The number of amides is 1. The summed E-state index contributed by atoms with van der Waals surface area (Å²) in [7, 11) is -3.47. The summed E-state index contributed by atoms with van der Waals surface area (Å²) in [5.41, 5.74) is 4.97. The second-order valence-electron chi connectivity index (χ2n) is 5.35. The quantitative estimate of drug-likeness (QED) is 0.722. The number of hydrogen-bond acceptors (Lipinski definition) is 4. The zero-order valence-electron chi connectivity index (χ0n) is 12.0. The van der Waals surface area contributed by atoms with Gasteiger partial charge in [-0.15, -0.1) is 0 Å². The number of carbonyl (C=O) groups excluding carboxylic acids is 1. The van der Waals surface area contributed by atoms with Crippen LogP contribution in [0.3, 0.4) is 0 Å². The van der Waals surface area contributed by atoms with Crippen LogP contribution >= 0.6 is 0 Å². The first-order chi connectivity index (χ1) is 8.08. The number of carbonyl (C=O) groups is 1. The standard InChI is InChI=1S/C12H26N2O3S/c1-6-12(4,5)14-11(15)10(3)18(16,17)9(2)7-8-13/h9-10H,6-8,13H2,1-5H3,(H,14,15). The lowest BCUT2D eigenvalue weighted by atomic mass is 10.0. The fraction of sp³-hybridized carbons (Fsp3) is 0.917. The maximum atomic E-state index is 12.1. The van der Waals surface area contributed by atoms with Crippen LogP contribution in [0.25, 0.3) is 0 Å². The molecule has 0 aliphatic rings. The molecule has 0 aliphatic carbocycles. The van der Waals surface area contributed by atoms with Crippen molar-refractivity contribution in [3.05, 3.63) is 0 Å². The molecule has 1 amide bonds. The predicted octanol–water partition coefficient (Wildman–Crippen LogP) is 0.832. The van der Waals surface area contributed by atoms with Gasteiger partial charge >= 0.3 is 0 Å². The van der Waals surface area contributed by atoms with Gasteiger partial charge < -0.3 is 11.1 Å². The van der Waals surface area contributed by atoms with Crippen LogP contribution in [0.4, 0.5) is 0 Å². The van der Waals surface area contributed by atoms with Gasteiger partial charge in [0.05, 0.1) is 5.25 Å². The van der Waals surface area contributed by atoms with Crippen molar-refractivity contribution in [2.75, 3.05) is 6.54 Å². The minimum atomic E-state index is -3.47. The molecule has 0 aromatic heterocycles. The van der Waals surface area contributed by atoms with Crippen molar-refractivity contribution >= 4 is 15.7 Å². The van der Waals surface area contributed by atoms with Gasteiger partial charge in [-0.1, -0.05) is 6.92 Å². The largest absolute Gasteiger partial charge is 0.350 e. The van der Waals surface area contributed by atoms with Gasteiger partial charge in [0.25, 0.3) is 0 Å². The van der Waals surface area contributed by atoms with E-state index in [9.17, 15) is 13.2 Å². The molecule has 18 heavy (non-hydrogen) atoms. The summed E-state index contributed by atoms with van der Waals surface area (Å²) < 4.78 is 24.2. The Morgan fingerprint density at radius 3 is 2.22 bits per heavy atom. The highest BCUT2D eigenvalue weighted by Crippen LogP contribution is 2.14. The molecule has 2 unspecified atom stereocenters. The van der Waals surface area contributed by atoms with E-state index in [2.05, 4.69) is 5.32 Å². The molecule has 2 atom stereocenters. The molecule has 0 bridgehead atoms. The lowest BCUT2D eigenvalue weighted by molar-refractivity contribution is -0.122. The van der Waals surface area contributed by atoms with E-state index in [1.165, 1.54) is 6.92 Å². The van der Waals surface area contributed by atoms with E-state index in [4.69, 9.17) is 5.73 Å². The Morgan fingerprint density at radius 2 is 1.83 bits per heavy atom. The highest BCUT2D eigenvalue weighted by Gasteiger charge is 2.34. The van der Waals surface area contributed by atoms with Gasteiger partial charge in [0.1, 0.15) is 5.25 Å². The van der Waals surface area contributed by atoms with Gasteiger partial charge in [-0.25, -0.2) is 8.42 Å². The molecule has 0 aromatic carbocycles. The SMILES string of the molecule is CCC(C)(C)NC(=O)C(C)S(=O)(=O)C(C)CCN. The van der Waals surface area contributed by atoms with Crippen molar-refractivity contribution in [3.8, 4) is 0 Å². The van der Waals surface area contributed by atoms with Crippen LogP contribution in [0.2, 0.25) is 0 Å². The summed E-state index contributed by atoms with van der Waals surface area (Å²) in [5, 5.41) is 1.13. The van der Waals surface area contributed by atoms with Crippen LogP contribution in [-0.2, 0) is 14.6 Å². The second-order valence-corrected chi connectivity index (χ2v) is 8.04. The van der Waals surface area contributed by atoms with E-state index < -0.39 is 31.8 Å². The summed E-state index contributed by atoms with van der Waals surface area (Å²) in [5.74, 6) is -0.439. The van der Waals surface area contributed by atoms with Gasteiger partial charge in [0.15, 0.2) is 9.84 Å². The fourth-order valence-corrected chi connectivity index (χ4v) is 2.94. The lowest BCUT2D eigenvalue weighted by Crippen LogP contribution is -2.50. The molecule has 0 spiro atoms. The van der Waals surface area contributed by atoms with E-state index in [0.717, 1.165) is 6.42 Å². The molecule has 5 nitrogen and oxygen atoms in total. The molecule has 0 aromatic rings. The first-order valence-corrected chi connectivity index (χ1v) is 7.94. The fourth-order valence-electron chi connectivity index (χ4n) is 1.42. The van der Waals surface area contributed by atoms with Gasteiger partial charge in [-0.3, -0.25) is 4.79 Å². The van der Waals surface area contributed by atoms with Crippen molar-refractivity contribution < 1.29 is 13.2 Å². The highest BCUT2D eigenvalue weighted by atomic mass is 32.2. The van der Waals surface area contributed by atoms with Gasteiger partial charge in [-0.05, 0) is 47.1 Å². The summed E-state index contributed by atoms with van der Waals surface area (Å²) in [6, 6.07) is 0. The normalized spacial score (nSPS) is 16.1.